The molecule has 0 aliphatic carbocycles. The predicted molar refractivity (Wildman–Crippen MR) is 88.1 cm³/mol. The molecule has 0 aromatic carbocycles. The van der Waals surface area contributed by atoms with Gasteiger partial charge < -0.3 is 9.64 Å². The van der Waals surface area contributed by atoms with Gasteiger partial charge in [-0.15, -0.1) is 11.3 Å². The molecule has 2 saturated heterocycles. The summed E-state index contributed by atoms with van der Waals surface area (Å²) in [5.74, 6) is 0.259. The van der Waals surface area contributed by atoms with Gasteiger partial charge in [0.2, 0.25) is 5.91 Å². The summed E-state index contributed by atoms with van der Waals surface area (Å²) in [5.41, 5.74) is 0. The molecule has 2 atom stereocenters. The fourth-order valence-electron chi connectivity index (χ4n) is 3.37. The average molecular weight is 323 g/mol. The second-order valence-electron chi connectivity index (χ2n) is 6.18. The zero-order valence-electron chi connectivity index (χ0n) is 13.4. The number of thiophene rings is 1. The highest BCUT2D eigenvalue weighted by atomic mass is 32.1. The molecule has 122 valence electrons. The Labute approximate surface area is 136 Å². The Kier molecular flexibility index (Phi) is 5.13. The van der Waals surface area contributed by atoms with Crippen LogP contribution in [0.1, 0.15) is 17.3 Å². The van der Waals surface area contributed by atoms with Crippen LogP contribution in [0.25, 0.3) is 0 Å². The highest BCUT2D eigenvalue weighted by Crippen LogP contribution is 2.28. The molecule has 0 radical (unpaired) electrons. The van der Waals surface area contributed by atoms with E-state index in [1.54, 1.807) is 11.3 Å². The van der Waals surface area contributed by atoms with Crippen molar-refractivity contribution in [3.8, 4) is 0 Å². The van der Waals surface area contributed by atoms with Gasteiger partial charge >= 0.3 is 0 Å². The number of rotatable bonds is 5. The van der Waals surface area contributed by atoms with E-state index in [1.165, 1.54) is 4.88 Å². The lowest BCUT2D eigenvalue weighted by Crippen LogP contribution is -2.46. The fraction of sp³-hybridized carbons (Fsp3) is 0.688. The molecule has 2 aliphatic rings. The molecule has 2 aliphatic heterocycles. The Morgan fingerprint density at radius 2 is 2.18 bits per heavy atom. The van der Waals surface area contributed by atoms with Gasteiger partial charge in [0.05, 0.1) is 25.3 Å². The van der Waals surface area contributed by atoms with Crippen LogP contribution in [0.5, 0.6) is 0 Å². The van der Waals surface area contributed by atoms with Gasteiger partial charge in [-0.3, -0.25) is 14.6 Å². The predicted octanol–water partition coefficient (Wildman–Crippen LogP) is 1.28. The van der Waals surface area contributed by atoms with Gasteiger partial charge in [0.15, 0.2) is 0 Å². The quantitative estimate of drug-likeness (QED) is 0.818. The Bertz CT molecular complexity index is 488. The third kappa shape index (κ3) is 3.35. The standard InChI is InChI=1S/C16H25N3O2S/c1-17-6-5-13(16(17)20)18(2)12-14(15-4-3-11-22-15)19-7-9-21-10-8-19/h3-4,11,13-14H,5-10,12H2,1-2H3. The summed E-state index contributed by atoms with van der Waals surface area (Å²) >= 11 is 1.81. The van der Waals surface area contributed by atoms with Crippen LogP contribution < -0.4 is 0 Å². The SMILES string of the molecule is CN1CCC(N(C)CC(c2cccs2)N2CCOCC2)C1=O. The summed E-state index contributed by atoms with van der Waals surface area (Å²) in [4.78, 5) is 20.2. The van der Waals surface area contributed by atoms with Gasteiger partial charge in [-0.1, -0.05) is 6.07 Å². The number of morpholine rings is 1. The minimum atomic E-state index is 0.0357. The topological polar surface area (TPSA) is 36.0 Å². The molecule has 0 bridgehead atoms. The smallest absolute Gasteiger partial charge is 0.239 e. The number of ether oxygens (including phenoxy) is 1. The Morgan fingerprint density at radius 1 is 1.41 bits per heavy atom. The van der Waals surface area contributed by atoms with Gasteiger partial charge in [-0.05, 0) is 24.9 Å². The molecule has 2 unspecified atom stereocenters. The number of hydrogen-bond donors (Lipinski definition) is 0. The van der Waals surface area contributed by atoms with Crippen LogP contribution in [-0.4, -0.2) is 80.1 Å². The van der Waals surface area contributed by atoms with E-state index in [2.05, 4.69) is 34.4 Å². The van der Waals surface area contributed by atoms with Gasteiger partial charge in [-0.25, -0.2) is 0 Å². The molecule has 0 saturated carbocycles. The number of carbonyl (C=O) groups excluding carboxylic acids is 1. The first-order chi connectivity index (χ1) is 10.7. The molecule has 1 amide bonds. The summed E-state index contributed by atoms with van der Waals surface area (Å²) in [6.07, 6.45) is 0.937. The van der Waals surface area contributed by atoms with E-state index in [4.69, 9.17) is 4.74 Å². The number of likely N-dealkylation sites (tertiary alicyclic amines) is 1. The van der Waals surface area contributed by atoms with E-state index in [9.17, 15) is 4.79 Å². The number of carbonyl (C=O) groups is 1. The minimum absolute atomic E-state index is 0.0357. The fourth-order valence-corrected chi connectivity index (χ4v) is 4.22. The van der Waals surface area contributed by atoms with E-state index in [1.807, 2.05) is 11.9 Å². The first-order valence-corrected chi connectivity index (χ1v) is 8.85. The van der Waals surface area contributed by atoms with Crippen molar-refractivity contribution >= 4 is 17.2 Å². The highest BCUT2D eigenvalue weighted by molar-refractivity contribution is 7.10. The third-order valence-corrected chi connectivity index (χ3v) is 5.72. The molecule has 3 rings (SSSR count). The van der Waals surface area contributed by atoms with Crippen molar-refractivity contribution in [1.29, 1.82) is 0 Å². The summed E-state index contributed by atoms with van der Waals surface area (Å²) in [6, 6.07) is 4.71. The van der Waals surface area contributed by atoms with Crippen LogP contribution in [-0.2, 0) is 9.53 Å². The van der Waals surface area contributed by atoms with Crippen molar-refractivity contribution in [2.45, 2.75) is 18.5 Å². The van der Waals surface area contributed by atoms with E-state index in [-0.39, 0.29) is 11.9 Å². The number of nitrogens with zero attached hydrogens (tertiary/aromatic N) is 3. The molecule has 5 nitrogen and oxygen atoms in total. The molecule has 1 aromatic rings. The molecule has 3 heterocycles. The number of amides is 1. The van der Waals surface area contributed by atoms with Crippen LogP contribution in [0.15, 0.2) is 17.5 Å². The average Bonchev–Trinajstić information content (AvgIpc) is 3.17. The lowest BCUT2D eigenvalue weighted by atomic mass is 10.1. The van der Waals surface area contributed by atoms with E-state index >= 15 is 0 Å². The third-order valence-electron chi connectivity index (χ3n) is 4.75. The monoisotopic (exact) mass is 323 g/mol. The second kappa shape index (κ2) is 7.08. The Hall–Kier alpha value is -0.950. The largest absolute Gasteiger partial charge is 0.379 e. The van der Waals surface area contributed by atoms with Crippen LogP contribution >= 0.6 is 11.3 Å². The minimum Gasteiger partial charge on any atom is -0.379 e. The van der Waals surface area contributed by atoms with Crippen LogP contribution in [0, 0.1) is 0 Å². The van der Waals surface area contributed by atoms with Gasteiger partial charge in [0, 0.05) is 38.1 Å². The van der Waals surface area contributed by atoms with Crippen molar-refractivity contribution in [3.05, 3.63) is 22.4 Å². The first kappa shape index (κ1) is 15.9. The summed E-state index contributed by atoms with van der Waals surface area (Å²) in [7, 11) is 3.98. The molecular formula is C16H25N3O2S. The lowest BCUT2D eigenvalue weighted by molar-refractivity contribution is -0.130. The van der Waals surface area contributed by atoms with E-state index in [0.29, 0.717) is 6.04 Å². The van der Waals surface area contributed by atoms with Crippen molar-refractivity contribution in [1.82, 2.24) is 14.7 Å². The number of hydrogen-bond acceptors (Lipinski definition) is 5. The molecular weight excluding hydrogens is 298 g/mol. The summed E-state index contributed by atoms with van der Waals surface area (Å²) in [6.45, 7) is 5.30. The zero-order chi connectivity index (χ0) is 15.5. The Balaban J connectivity index is 1.71. The maximum atomic E-state index is 12.2. The van der Waals surface area contributed by atoms with E-state index < -0.39 is 0 Å². The molecule has 2 fully saturated rings. The van der Waals surface area contributed by atoms with Crippen molar-refractivity contribution < 1.29 is 9.53 Å². The molecule has 0 N–H and O–H groups in total. The molecule has 6 heteroatoms. The summed E-state index contributed by atoms with van der Waals surface area (Å²) in [5, 5.41) is 2.14. The molecule has 1 aromatic heterocycles. The van der Waals surface area contributed by atoms with Crippen LogP contribution in [0.3, 0.4) is 0 Å². The van der Waals surface area contributed by atoms with Crippen molar-refractivity contribution in [2.24, 2.45) is 0 Å². The van der Waals surface area contributed by atoms with Gasteiger partial charge in [0.25, 0.3) is 0 Å². The maximum absolute atomic E-state index is 12.2. The van der Waals surface area contributed by atoms with E-state index in [0.717, 1.165) is 45.8 Å². The van der Waals surface area contributed by atoms with Crippen LogP contribution in [0.4, 0.5) is 0 Å². The second-order valence-corrected chi connectivity index (χ2v) is 7.16. The zero-order valence-corrected chi connectivity index (χ0v) is 14.2. The maximum Gasteiger partial charge on any atom is 0.239 e. The normalized spacial score (nSPS) is 25.1. The van der Waals surface area contributed by atoms with Crippen molar-refractivity contribution in [2.75, 3.05) is 53.5 Å². The highest BCUT2D eigenvalue weighted by Gasteiger charge is 2.34. The Morgan fingerprint density at radius 3 is 2.77 bits per heavy atom. The molecule has 22 heavy (non-hydrogen) atoms. The lowest BCUT2D eigenvalue weighted by Gasteiger charge is -2.37. The molecule has 0 spiro atoms. The number of likely N-dealkylation sites (N-methyl/N-ethyl adjacent to an activating group) is 2. The summed E-state index contributed by atoms with van der Waals surface area (Å²) < 4.78 is 5.49. The van der Waals surface area contributed by atoms with Crippen molar-refractivity contribution in [3.63, 3.8) is 0 Å². The van der Waals surface area contributed by atoms with Gasteiger partial charge in [-0.2, -0.15) is 0 Å². The van der Waals surface area contributed by atoms with Crippen LogP contribution in [0.2, 0.25) is 0 Å². The first-order valence-electron chi connectivity index (χ1n) is 7.97. The van der Waals surface area contributed by atoms with Gasteiger partial charge in [0.1, 0.15) is 0 Å².